The lowest BCUT2D eigenvalue weighted by Gasteiger charge is -2.25. The minimum absolute atomic E-state index is 0.185. The predicted octanol–water partition coefficient (Wildman–Crippen LogP) is 3.09. The number of amides is 1. The number of hydrogen-bond acceptors (Lipinski definition) is 8. The molecule has 33 heavy (non-hydrogen) atoms. The van der Waals surface area contributed by atoms with Crippen LogP contribution in [0, 0.1) is 5.95 Å². The Morgan fingerprint density at radius 3 is 2.85 bits per heavy atom. The maximum atomic E-state index is 13.1. The summed E-state index contributed by atoms with van der Waals surface area (Å²) in [6.07, 6.45) is 5.61. The number of carbonyl (C=O) groups excluding carboxylic acids is 1. The molecule has 0 aromatic carbocycles. The number of pyridine rings is 1. The molecule has 0 radical (unpaired) electrons. The number of carbonyl (C=O) groups is 1. The van der Waals surface area contributed by atoms with Crippen LogP contribution in [0.25, 0.3) is 0 Å². The van der Waals surface area contributed by atoms with Crippen molar-refractivity contribution in [3.63, 3.8) is 0 Å². The van der Waals surface area contributed by atoms with Gasteiger partial charge in [0.2, 0.25) is 23.8 Å². The number of nitrogens with one attached hydrogen (secondary N) is 3. The molecular weight excluding hydrogens is 425 g/mol. The van der Waals surface area contributed by atoms with Gasteiger partial charge in [0.05, 0.1) is 17.6 Å². The molecule has 1 atom stereocenters. The van der Waals surface area contributed by atoms with Crippen LogP contribution in [-0.2, 0) is 17.6 Å². The largest absolute Gasteiger partial charge is 0.329 e. The lowest BCUT2D eigenvalue weighted by molar-refractivity contribution is -0.117. The Balaban J connectivity index is 1.40. The van der Waals surface area contributed by atoms with Gasteiger partial charge in [-0.15, -0.1) is 5.10 Å². The van der Waals surface area contributed by atoms with Crippen LogP contribution in [0.15, 0.2) is 18.3 Å². The quantitative estimate of drug-likeness (QED) is 0.489. The number of rotatable bonds is 6. The maximum Gasteiger partial charge on any atom is 0.247 e. The van der Waals surface area contributed by atoms with Crippen LogP contribution in [0.1, 0.15) is 56.1 Å². The Bertz CT molecular complexity index is 1160. The number of nitrogens with zero attached hydrogens (tertiary/aromatic N) is 6. The van der Waals surface area contributed by atoms with E-state index in [9.17, 15) is 9.18 Å². The van der Waals surface area contributed by atoms with E-state index in [4.69, 9.17) is 9.97 Å². The van der Waals surface area contributed by atoms with Crippen molar-refractivity contribution in [3.8, 4) is 0 Å². The van der Waals surface area contributed by atoms with Crippen molar-refractivity contribution in [1.82, 2.24) is 30.1 Å². The van der Waals surface area contributed by atoms with Crippen molar-refractivity contribution in [2.24, 2.45) is 0 Å². The average Bonchev–Trinajstić information content (AvgIpc) is 3.55. The highest BCUT2D eigenvalue weighted by Crippen LogP contribution is 2.32. The molecule has 11 heteroatoms. The van der Waals surface area contributed by atoms with Gasteiger partial charge in [0, 0.05) is 18.0 Å². The molecule has 3 aromatic rings. The zero-order valence-electron chi connectivity index (χ0n) is 18.6. The first-order valence-electron chi connectivity index (χ1n) is 11.3. The van der Waals surface area contributed by atoms with Gasteiger partial charge in [-0.25, -0.2) is 9.97 Å². The highest BCUT2D eigenvalue weighted by atomic mass is 19.1. The van der Waals surface area contributed by atoms with Gasteiger partial charge in [0.25, 0.3) is 0 Å². The summed E-state index contributed by atoms with van der Waals surface area (Å²) in [6.45, 7) is 4.77. The summed E-state index contributed by atoms with van der Waals surface area (Å²) in [7, 11) is 0. The molecule has 10 nitrogen and oxygen atoms in total. The molecule has 2 aliphatic rings. The first-order valence-corrected chi connectivity index (χ1v) is 11.3. The Morgan fingerprint density at radius 2 is 2.09 bits per heavy atom. The minimum atomic E-state index is -0.589. The summed E-state index contributed by atoms with van der Waals surface area (Å²) < 4.78 is 13.1. The van der Waals surface area contributed by atoms with E-state index in [2.05, 4.69) is 30.8 Å². The van der Waals surface area contributed by atoms with E-state index in [1.165, 1.54) is 18.3 Å². The number of fused-ring (bicyclic) bond motifs is 1. The molecule has 3 N–H and O–H groups in total. The zero-order chi connectivity index (χ0) is 22.9. The van der Waals surface area contributed by atoms with Crippen LogP contribution in [0.5, 0.6) is 0 Å². The van der Waals surface area contributed by atoms with E-state index in [0.717, 1.165) is 42.8 Å². The Morgan fingerprint density at radius 1 is 1.21 bits per heavy atom. The monoisotopic (exact) mass is 451 g/mol. The van der Waals surface area contributed by atoms with Crippen molar-refractivity contribution < 1.29 is 9.18 Å². The Kier molecular flexibility index (Phi) is 5.61. The SMILES string of the molecule is CC(C)c1nc(Nc2nc(N3CCCC3C(=O)Nc3ccc(F)nc3)nc3c2CCC3)n[nH]1. The molecule has 4 heterocycles. The molecule has 1 amide bonds. The molecule has 0 spiro atoms. The highest BCUT2D eigenvalue weighted by Gasteiger charge is 2.34. The van der Waals surface area contributed by atoms with E-state index >= 15 is 0 Å². The van der Waals surface area contributed by atoms with Gasteiger partial charge in [0.1, 0.15) is 17.7 Å². The van der Waals surface area contributed by atoms with Crippen molar-refractivity contribution in [1.29, 1.82) is 0 Å². The van der Waals surface area contributed by atoms with Crippen molar-refractivity contribution in [2.45, 2.75) is 57.9 Å². The third-order valence-corrected chi connectivity index (χ3v) is 6.01. The molecule has 3 aromatic heterocycles. The number of aromatic nitrogens is 6. The first-order chi connectivity index (χ1) is 16.0. The molecule has 172 valence electrons. The normalized spacial score (nSPS) is 17.5. The highest BCUT2D eigenvalue weighted by molar-refractivity contribution is 5.96. The number of aromatic amines is 1. The third kappa shape index (κ3) is 4.35. The maximum absolute atomic E-state index is 13.1. The van der Waals surface area contributed by atoms with E-state index in [-0.39, 0.29) is 11.8 Å². The molecule has 1 aliphatic carbocycles. The minimum Gasteiger partial charge on any atom is -0.329 e. The standard InChI is InChI=1S/C22H26FN9O/c1-12(2)18-27-21(31-30-18)28-19-14-5-3-6-15(14)26-22(29-19)32-10-4-7-16(32)20(33)25-13-8-9-17(23)24-11-13/h8-9,11-12,16H,3-7,10H2,1-2H3,(H,25,33)(H2,26,27,28,29,30,31). The zero-order valence-corrected chi connectivity index (χ0v) is 18.6. The molecule has 1 aliphatic heterocycles. The Hall–Kier alpha value is -3.63. The van der Waals surface area contributed by atoms with Crippen LogP contribution in [0.3, 0.4) is 0 Å². The molecular formula is C22H26FN9O. The Labute approximate surface area is 190 Å². The van der Waals surface area contributed by atoms with Crippen LogP contribution >= 0.6 is 0 Å². The van der Waals surface area contributed by atoms with Crippen molar-refractivity contribution in [3.05, 3.63) is 41.4 Å². The number of aryl methyl sites for hydroxylation is 1. The summed E-state index contributed by atoms with van der Waals surface area (Å²) in [4.78, 5) is 32.6. The number of anilines is 4. The van der Waals surface area contributed by atoms with E-state index in [1.807, 2.05) is 18.7 Å². The van der Waals surface area contributed by atoms with Crippen molar-refractivity contribution >= 4 is 29.3 Å². The molecule has 1 unspecified atom stereocenters. The predicted molar refractivity (Wildman–Crippen MR) is 121 cm³/mol. The van der Waals surface area contributed by atoms with Gasteiger partial charge in [-0.1, -0.05) is 13.8 Å². The third-order valence-electron chi connectivity index (χ3n) is 6.01. The topological polar surface area (TPSA) is 125 Å². The molecule has 5 rings (SSSR count). The fourth-order valence-corrected chi connectivity index (χ4v) is 4.30. The summed E-state index contributed by atoms with van der Waals surface area (Å²) >= 11 is 0. The number of hydrogen-bond donors (Lipinski definition) is 3. The summed E-state index contributed by atoms with van der Waals surface area (Å²) in [5, 5.41) is 13.3. The number of H-pyrrole nitrogens is 1. The summed E-state index contributed by atoms with van der Waals surface area (Å²) in [5.74, 6) is 1.94. The fourth-order valence-electron chi connectivity index (χ4n) is 4.30. The van der Waals surface area contributed by atoms with E-state index < -0.39 is 12.0 Å². The fraction of sp³-hybridized carbons (Fsp3) is 0.455. The van der Waals surface area contributed by atoms with Gasteiger partial charge < -0.3 is 15.5 Å². The summed E-state index contributed by atoms with van der Waals surface area (Å²) in [6, 6.07) is 2.30. The second-order valence-electron chi connectivity index (χ2n) is 8.69. The van der Waals surface area contributed by atoms with Crippen LogP contribution in [-0.4, -0.2) is 48.6 Å². The van der Waals surface area contributed by atoms with Crippen LogP contribution in [0.4, 0.5) is 27.8 Å². The first kappa shape index (κ1) is 21.2. The van der Waals surface area contributed by atoms with E-state index in [0.29, 0.717) is 36.4 Å². The van der Waals surface area contributed by atoms with Crippen LogP contribution in [0.2, 0.25) is 0 Å². The smallest absolute Gasteiger partial charge is 0.247 e. The molecule has 0 saturated carbocycles. The van der Waals surface area contributed by atoms with Gasteiger partial charge >= 0.3 is 0 Å². The summed E-state index contributed by atoms with van der Waals surface area (Å²) in [5.41, 5.74) is 2.53. The van der Waals surface area contributed by atoms with Crippen LogP contribution < -0.4 is 15.5 Å². The van der Waals surface area contributed by atoms with Gasteiger partial charge in [-0.3, -0.25) is 9.89 Å². The van der Waals surface area contributed by atoms with Gasteiger partial charge in [0.15, 0.2) is 0 Å². The second kappa shape index (κ2) is 8.72. The van der Waals surface area contributed by atoms with E-state index in [1.54, 1.807) is 0 Å². The average molecular weight is 452 g/mol. The van der Waals surface area contributed by atoms with Gasteiger partial charge in [-0.2, -0.15) is 14.4 Å². The molecule has 1 saturated heterocycles. The molecule has 1 fully saturated rings. The lowest BCUT2D eigenvalue weighted by Crippen LogP contribution is -2.40. The number of halogens is 1. The molecule has 0 bridgehead atoms. The second-order valence-corrected chi connectivity index (χ2v) is 8.69. The lowest BCUT2D eigenvalue weighted by atomic mass is 10.2. The van der Waals surface area contributed by atoms with Gasteiger partial charge in [-0.05, 0) is 44.2 Å². The van der Waals surface area contributed by atoms with Crippen molar-refractivity contribution in [2.75, 3.05) is 22.1 Å².